The van der Waals surface area contributed by atoms with Crippen molar-refractivity contribution < 1.29 is 9.53 Å². The summed E-state index contributed by atoms with van der Waals surface area (Å²) in [5.41, 5.74) is 1.39. The Kier molecular flexibility index (Phi) is 2.51. The number of carbonyl (C=O) groups is 1. The monoisotopic (exact) mass is 222 g/mol. The highest BCUT2D eigenvalue weighted by molar-refractivity contribution is 6.31. The SMILES string of the molecule is COc1nc2ccc(Cl)cc2nc1C=O. The summed E-state index contributed by atoms with van der Waals surface area (Å²) in [6, 6.07) is 5.08. The molecule has 0 bridgehead atoms. The van der Waals surface area contributed by atoms with Crippen molar-refractivity contribution in [3.05, 3.63) is 28.9 Å². The number of carbonyl (C=O) groups excluding carboxylic acids is 1. The molecule has 0 saturated heterocycles. The molecule has 0 saturated carbocycles. The molecule has 0 aliphatic rings. The molecular formula is C10H7ClN2O2. The summed E-state index contributed by atoms with van der Waals surface area (Å²) >= 11 is 5.80. The molecule has 76 valence electrons. The molecule has 2 aromatic rings. The number of ether oxygens (including phenoxy) is 1. The van der Waals surface area contributed by atoms with E-state index in [4.69, 9.17) is 16.3 Å². The molecule has 1 aromatic heterocycles. The number of aromatic nitrogens is 2. The fourth-order valence-corrected chi connectivity index (χ4v) is 1.42. The molecule has 5 heteroatoms. The molecule has 2 rings (SSSR count). The Balaban J connectivity index is 2.75. The minimum atomic E-state index is 0.173. The number of hydrogen-bond donors (Lipinski definition) is 0. The van der Waals surface area contributed by atoms with E-state index in [0.717, 1.165) is 0 Å². The lowest BCUT2D eigenvalue weighted by Gasteiger charge is -2.03. The van der Waals surface area contributed by atoms with Gasteiger partial charge in [-0.1, -0.05) is 11.6 Å². The number of hydrogen-bond acceptors (Lipinski definition) is 4. The van der Waals surface area contributed by atoms with E-state index in [2.05, 4.69) is 9.97 Å². The Morgan fingerprint density at radius 2 is 2.13 bits per heavy atom. The van der Waals surface area contributed by atoms with E-state index in [1.807, 2.05) is 0 Å². The van der Waals surface area contributed by atoms with Crippen molar-refractivity contribution in [2.24, 2.45) is 0 Å². The van der Waals surface area contributed by atoms with E-state index in [-0.39, 0.29) is 11.6 Å². The lowest BCUT2D eigenvalue weighted by Crippen LogP contribution is -1.98. The quantitative estimate of drug-likeness (QED) is 0.731. The van der Waals surface area contributed by atoms with Crippen LogP contribution in [0, 0.1) is 0 Å². The number of nitrogens with zero attached hydrogens (tertiary/aromatic N) is 2. The van der Waals surface area contributed by atoms with Gasteiger partial charge in [-0.05, 0) is 18.2 Å². The van der Waals surface area contributed by atoms with Crippen molar-refractivity contribution in [3.8, 4) is 5.88 Å². The molecule has 0 spiro atoms. The smallest absolute Gasteiger partial charge is 0.243 e. The molecule has 0 atom stereocenters. The molecule has 0 aliphatic carbocycles. The fourth-order valence-electron chi connectivity index (χ4n) is 1.25. The number of aldehydes is 1. The standard InChI is InChI=1S/C10H7ClN2O2/c1-15-10-9(5-14)12-8-4-6(11)2-3-7(8)13-10/h2-5H,1H3. The zero-order valence-electron chi connectivity index (χ0n) is 7.90. The Hall–Kier alpha value is -1.68. The van der Waals surface area contributed by atoms with Crippen LogP contribution in [0.5, 0.6) is 5.88 Å². The number of fused-ring (bicyclic) bond motifs is 1. The van der Waals surface area contributed by atoms with Gasteiger partial charge in [0.1, 0.15) is 0 Å². The topological polar surface area (TPSA) is 52.1 Å². The number of benzene rings is 1. The molecule has 0 N–H and O–H groups in total. The third kappa shape index (κ3) is 1.76. The van der Waals surface area contributed by atoms with E-state index >= 15 is 0 Å². The Labute approximate surface area is 90.9 Å². The van der Waals surface area contributed by atoms with Crippen molar-refractivity contribution in [3.63, 3.8) is 0 Å². The van der Waals surface area contributed by atoms with Crippen molar-refractivity contribution in [1.29, 1.82) is 0 Å². The van der Waals surface area contributed by atoms with Crippen LogP contribution < -0.4 is 4.74 Å². The van der Waals surface area contributed by atoms with Crippen molar-refractivity contribution in [2.75, 3.05) is 7.11 Å². The van der Waals surface area contributed by atoms with Gasteiger partial charge in [-0.2, -0.15) is 0 Å². The van der Waals surface area contributed by atoms with E-state index in [0.29, 0.717) is 22.3 Å². The van der Waals surface area contributed by atoms with E-state index in [9.17, 15) is 4.79 Å². The first-order chi connectivity index (χ1) is 7.24. The minimum absolute atomic E-state index is 0.173. The highest BCUT2D eigenvalue weighted by atomic mass is 35.5. The molecule has 1 aromatic carbocycles. The largest absolute Gasteiger partial charge is 0.479 e. The van der Waals surface area contributed by atoms with E-state index in [1.54, 1.807) is 18.2 Å². The Morgan fingerprint density at radius 3 is 2.80 bits per heavy atom. The van der Waals surface area contributed by atoms with Crippen LogP contribution in [0.4, 0.5) is 0 Å². The minimum Gasteiger partial charge on any atom is -0.479 e. The second-order valence-corrected chi connectivity index (χ2v) is 3.31. The normalized spacial score (nSPS) is 10.3. The van der Waals surface area contributed by atoms with Crippen LogP contribution in [-0.2, 0) is 0 Å². The maximum absolute atomic E-state index is 10.7. The first-order valence-electron chi connectivity index (χ1n) is 4.21. The van der Waals surface area contributed by atoms with Gasteiger partial charge in [0, 0.05) is 5.02 Å². The molecule has 0 unspecified atom stereocenters. The fraction of sp³-hybridized carbons (Fsp3) is 0.100. The first kappa shape index (κ1) is 9.86. The summed E-state index contributed by atoms with van der Waals surface area (Å²) in [6.07, 6.45) is 0.603. The number of rotatable bonds is 2. The summed E-state index contributed by atoms with van der Waals surface area (Å²) in [7, 11) is 1.44. The zero-order valence-corrected chi connectivity index (χ0v) is 8.65. The van der Waals surface area contributed by atoms with Gasteiger partial charge in [-0.15, -0.1) is 0 Å². The van der Waals surface area contributed by atoms with E-state index < -0.39 is 0 Å². The highest BCUT2D eigenvalue weighted by Crippen LogP contribution is 2.20. The van der Waals surface area contributed by atoms with Gasteiger partial charge in [-0.25, -0.2) is 9.97 Å². The van der Waals surface area contributed by atoms with Crippen molar-refractivity contribution in [1.82, 2.24) is 9.97 Å². The third-order valence-electron chi connectivity index (χ3n) is 1.92. The molecule has 4 nitrogen and oxygen atoms in total. The number of methoxy groups -OCH3 is 1. The Bertz CT molecular complexity index is 528. The maximum Gasteiger partial charge on any atom is 0.243 e. The molecule has 1 heterocycles. The van der Waals surface area contributed by atoms with Gasteiger partial charge in [0.05, 0.1) is 18.1 Å². The molecular weight excluding hydrogens is 216 g/mol. The highest BCUT2D eigenvalue weighted by Gasteiger charge is 2.08. The predicted octanol–water partition coefficient (Wildman–Crippen LogP) is 2.10. The molecule has 0 amide bonds. The summed E-state index contributed by atoms with van der Waals surface area (Å²) in [5, 5.41) is 0.554. The lowest BCUT2D eigenvalue weighted by molar-refractivity contribution is 0.111. The van der Waals surface area contributed by atoms with E-state index in [1.165, 1.54) is 7.11 Å². The third-order valence-corrected chi connectivity index (χ3v) is 2.16. The van der Waals surface area contributed by atoms with Crippen LogP contribution in [0.25, 0.3) is 11.0 Å². The second-order valence-electron chi connectivity index (χ2n) is 2.87. The van der Waals surface area contributed by atoms with Crippen LogP contribution in [0.1, 0.15) is 10.5 Å². The van der Waals surface area contributed by atoms with Crippen molar-refractivity contribution in [2.45, 2.75) is 0 Å². The second kappa shape index (κ2) is 3.82. The van der Waals surface area contributed by atoms with Gasteiger partial charge in [-0.3, -0.25) is 4.79 Å². The van der Waals surface area contributed by atoms with Crippen LogP contribution >= 0.6 is 11.6 Å². The van der Waals surface area contributed by atoms with Crippen LogP contribution in [-0.4, -0.2) is 23.4 Å². The van der Waals surface area contributed by atoms with Crippen LogP contribution in [0.3, 0.4) is 0 Å². The maximum atomic E-state index is 10.7. The molecule has 0 fully saturated rings. The predicted molar refractivity (Wildman–Crippen MR) is 56.5 cm³/mol. The van der Waals surface area contributed by atoms with Gasteiger partial charge in [0.15, 0.2) is 12.0 Å². The van der Waals surface area contributed by atoms with Crippen LogP contribution in [0.2, 0.25) is 5.02 Å². The summed E-state index contributed by atoms with van der Waals surface area (Å²) in [6.45, 7) is 0. The number of halogens is 1. The van der Waals surface area contributed by atoms with Gasteiger partial charge >= 0.3 is 0 Å². The summed E-state index contributed by atoms with van der Waals surface area (Å²) < 4.78 is 4.94. The molecule has 15 heavy (non-hydrogen) atoms. The Morgan fingerprint density at radius 1 is 1.33 bits per heavy atom. The average molecular weight is 223 g/mol. The van der Waals surface area contributed by atoms with Crippen LogP contribution in [0.15, 0.2) is 18.2 Å². The van der Waals surface area contributed by atoms with Gasteiger partial charge < -0.3 is 4.74 Å². The van der Waals surface area contributed by atoms with Crippen molar-refractivity contribution >= 4 is 28.9 Å². The molecule has 0 aliphatic heterocycles. The van der Waals surface area contributed by atoms with Gasteiger partial charge in [0.25, 0.3) is 0 Å². The zero-order chi connectivity index (χ0) is 10.8. The van der Waals surface area contributed by atoms with Gasteiger partial charge in [0.2, 0.25) is 5.88 Å². The summed E-state index contributed by atoms with van der Waals surface area (Å²) in [4.78, 5) is 18.9. The molecule has 0 radical (unpaired) electrons. The average Bonchev–Trinajstić information content (AvgIpc) is 2.27. The lowest BCUT2D eigenvalue weighted by atomic mass is 10.3. The summed E-state index contributed by atoms with van der Waals surface area (Å²) in [5.74, 6) is 0.222. The first-order valence-corrected chi connectivity index (χ1v) is 4.59.